The highest BCUT2D eigenvalue weighted by molar-refractivity contribution is 7.47. The van der Waals surface area contributed by atoms with Gasteiger partial charge in [0.2, 0.25) is 5.91 Å². The zero-order valence-corrected chi connectivity index (χ0v) is 34.4. The van der Waals surface area contributed by atoms with Gasteiger partial charge in [-0.1, -0.05) is 178 Å². The summed E-state index contributed by atoms with van der Waals surface area (Å²) in [6.45, 7) is 4.07. The monoisotopic (exact) mass is 753 g/mol. The molecule has 5 N–H and O–H groups in total. The maximum atomic E-state index is 12.7. The van der Waals surface area contributed by atoms with Crippen molar-refractivity contribution in [2.24, 2.45) is 5.73 Å². The molecule has 52 heavy (non-hydrogen) atoms. The van der Waals surface area contributed by atoms with E-state index in [-0.39, 0.29) is 25.7 Å². The van der Waals surface area contributed by atoms with E-state index in [0.717, 1.165) is 64.2 Å². The van der Waals surface area contributed by atoms with Crippen LogP contribution >= 0.6 is 7.82 Å². The molecule has 1 amide bonds. The smallest absolute Gasteiger partial charge is 0.391 e. The average Bonchev–Trinajstić information content (AvgIpc) is 3.13. The molecule has 0 aliphatic rings. The van der Waals surface area contributed by atoms with Gasteiger partial charge < -0.3 is 21.1 Å². The number of nitrogens with two attached hydrogens (primary N) is 1. The molecule has 0 aromatic heterocycles. The van der Waals surface area contributed by atoms with Crippen LogP contribution in [0.2, 0.25) is 0 Å². The molecule has 0 saturated heterocycles. The van der Waals surface area contributed by atoms with E-state index in [1.165, 1.54) is 96.3 Å². The normalized spacial score (nSPS) is 14.6. The van der Waals surface area contributed by atoms with E-state index in [9.17, 15) is 19.4 Å². The average molecular weight is 753 g/mol. The molecule has 9 heteroatoms. The molecule has 3 unspecified atom stereocenters. The lowest BCUT2D eigenvalue weighted by Crippen LogP contribution is -2.46. The fraction of sp³-hybridized carbons (Fsp3) is 0.791. The molecule has 3 atom stereocenters. The van der Waals surface area contributed by atoms with Crippen LogP contribution in [0.5, 0.6) is 0 Å². The second-order valence-corrected chi connectivity index (χ2v) is 15.6. The van der Waals surface area contributed by atoms with Crippen molar-refractivity contribution in [3.8, 4) is 0 Å². The minimum Gasteiger partial charge on any atom is -0.391 e. The summed E-state index contributed by atoms with van der Waals surface area (Å²) in [5.41, 5.74) is 5.37. The SMILES string of the molecule is CC/C=C\C/C=C\C/C=C\C/C=C\CCCCCCCCCCCCC(=O)NC(COP(=O)(O)OCCN)C(O)CCCCCCCCCCCC. The topological polar surface area (TPSA) is 131 Å². The van der Waals surface area contributed by atoms with Crippen LogP contribution in [0.15, 0.2) is 48.6 Å². The Balaban J connectivity index is 4.07. The summed E-state index contributed by atoms with van der Waals surface area (Å²) in [6, 6.07) is -0.776. The van der Waals surface area contributed by atoms with Crippen molar-refractivity contribution in [3.63, 3.8) is 0 Å². The first-order valence-corrected chi connectivity index (χ1v) is 22.7. The van der Waals surface area contributed by atoms with Crippen LogP contribution in [0.1, 0.15) is 187 Å². The Morgan fingerprint density at radius 3 is 1.63 bits per heavy atom. The number of unbranched alkanes of at least 4 members (excludes halogenated alkanes) is 19. The number of hydrogen-bond acceptors (Lipinski definition) is 6. The highest BCUT2D eigenvalue weighted by atomic mass is 31.2. The van der Waals surface area contributed by atoms with Crippen LogP contribution < -0.4 is 11.1 Å². The summed E-state index contributed by atoms with van der Waals surface area (Å²) < 4.78 is 22.1. The van der Waals surface area contributed by atoms with Crippen molar-refractivity contribution >= 4 is 13.7 Å². The molecule has 0 heterocycles. The van der Waals surface area contributed by atoms with E-state index in [0.29, 0.717) is 12.8 Å². The number of hydrogen-bond donors (Lipinski definition) is 4. The van der Waals surface area contributed by atoms with Gasteiger partial charge >= 0.3 is 7.82 Å². The molecular weight excluding hydrogens is 671 g/mol. The minimum atomic E-state index is -4.31. The summed E-state index contributed by atoms with van der Waals surface area (Å²) in [5, 5.41) is 13.7. The molecule has 0 aliphatic heterocycles. The van der Waals surface area contributed by atoms with E-state index in [1.54, 1.807) is 0 Å². The minimum absolute atomic E-state index is 0.0865. The molecule has 0 fully saturated rings. The molecule has 0 aliphatic carbocycles. The molecule has 304 valence electrons. The van der Waals surface area contributed by atoms with E-state index in [2.05, 4.69) is 67.8 Å². The Bertz CT molecular complexity index is 954. The molecule has 0 aromatic rings. The number of allylic oxidation sites excluding steroid dienone is 8. The molecule has 8 nitrogen and oxygen atoms in total. The lowest BCUT2D eigenvalue weighted by molar-refractivity contribution is -0.123. The van der Waals surface area contributed by atoms with Crippen LogP contribution in [0.3, 0.4) is 0 Å². The van der Waals surface area contributed by atoms with Crippen LogP contribution in [-0.4, -0.2) is 47.8 Å². The van der Waals surface area contributed by atoms with Crippen molar-refractivity contribution in [1.82, 2.24) is 5.32 Å². The first kappa shape index (κ1) is 50.5. The van der Waals surface area contributed by atoms with Crippen molar-refractivity contribution in [3.05, 3.63) is 48.6 Å². The van der Waals surface area contributed by atoms with Crippen molar-refractivity contribution in [1.29, 1.82) is 0 Å². The summed E-state index contributed by atoms with van der Waals surface area (Å²) in [7, 11) is -4.31. The lowest BCUT2D eigenvalue weighted by atomic mass is 10.0. The fourth-order valence-corrected chi connectivity index (χ4v) is 6.77. The molecule has 0 radical (unpaired) electrons. The third-order valence-corrected chi connectivity index (χ3v) is 10.2. The quantitative estimate of drug-likeness (QED) is 0.0279. The lowest BCUT2D eigenvalue weighted by Gasteiger charge is -2.25. The Hall–Kier alpha value is -1.54. The Kier molecular flexibility index (Phi) is 38.0. The molecule has 0 aromatic carbocycles. The molecule has 0 saturated carbocycles. The predicted molar refractivity (Wildman–Crippen MR) is 221 cm³/mol. The van der Waals surface area contributed by atoms with Gasteiger partial charge in [-0.25, -0.2) is 4.57 Å². The van der Waals surface area contributed by atoms with Crippen molar-refractivity contribution in [2.75, 3.05) is 19.8 Å². The summed E-state index contributed by atoms with van der Waals surface area (Å²) in [5.74, 6) is -0.170. The van der Waals surface area contributed by atoms with Crippen LogP contribution in [-0.2, 0) is 18.4 Å². The van der Waals surface area contributed by atoms with Gasteiger partial charge in [-0.05, 0) is 51.4 Å². The number of phosphoric acid groups is 1. The Morgan fingerprint density at radius 2 is 1.12 bits per heavy atom. The number of aliphatic hydroxyl groups excluding tert-OH is 1. The first-order valence-electron chi connectivity index (χ1n) is 21.3. The maximum absolute atomic E-state index is 12.7. The maximum Gasteiger partial charge on any atom is 0.472 e. The second kappa shape index (κ2) is 39.2. The molecule has 0 spiro atoms. The van der Waals surface area contributed by atoms with Gasteiger partial charge in [0.1, 0.15) is 0 Å². The third kappa shape index (κ3) is 36.8. The van der Waals surface area contributed by atoms with Crippen molar-refractivity contribution < 1.29 is 28.4 Å². The van der Waals surface area contributed by atoms with Gasteiger partial charge in [-0.15, -0.1) is 0 Å². The summed E-state index contributed by atoms with van der Waals surface area (Å²) in [4.78, 5) is 22.7. The molecule has 0 bridgehead atoms. The number of carbonyl (C=O) groups is 1. The standard InChI is InChI=1S/C43H81N2O6P/c1-3-5-7-9-11-13-15-16-17-18-19-20-21-22-23-24-25-26-27-29-31-33-35-37-43(47)45-41(40-51-52(48,49)50-39-38-44)42(46)36-34-32-30-28-14-12-10-8-6-4-2/h5,7,11,13,16-17,19-20,41-42,46H,3-4,6,8-10,12,14-15,18,21-40,44H2,1-2H3,(H,45,47)(H,48,49)/b7-5-,13-11-,17-16-,20-19-. The Morgan fingerprint density at radius 1 is 0.654 bits per heavy atom. The van der Waals surface area contributed by atoms with E-state index >= 15 is 0 Å². The number of carbonyl (C=O) groups excluding carboxylic acids is 1. The number of nitrogens with one attached hydrogen (secondary N) is 1. The zero-order valence-electron chi connectivity index (χ0n) is 33.5. The van der Waals surface area contributed by atoms with Gasteiger partial charge in [-0.3, -0.25) is 13.8 Å². The molecule has 0 rings (SSSR count). The summed E-state index contributed by atoms with van der Waals surface area (Å²) in [6.07, 6.45) is 46.9. The zero-order chi connectivity index (χ0) is 38.2. The number of amides is 1. The third-order valence-electron chi connectivity index (χ3n) is 9.20. The highest BCUT2D eigenvalue weighted by Crippen LogP contribution is 2.43. The predicted octanol–water partition coefficient (Wildman–Crippen LogP) is 11.7. The number of rotatable bonds is 39. The van der Waals surface area contributed by atoms with Gasteiger partial charge in [-0.2, -0.15) is 0 Å². The largest absolute Gasteiger partial charge is 0.472 e. The van der Waals surface area contributed by atoms with Crippen LogP contribution in [0, 0.1) is 0 Å². The number of phosphoric ester groups is 1. The first-order chi connectivity index (χ1) is 25.4. The van der Waals surface area contributed by atoms with Gasteiger partial charge in [0.25, 0.3) is 0 Å². The van der Waals surface area contributed by atoms with Gasteiger partial charge in [0.05, 0.1) is 25.4 Å². The highest BCUT2D eigenvalue weighted by Gasteiger charge is 2.27. The summed E-state index contributed by atoms with van der Waals surface area (Å²) >= 11 is 0. The van der Waals surface area contributed by atoms with Gasteiger partial charge in [0, 0.05) is 13.0 Å². The van der Waals surface area contributed by atoms with Crippen LogP contribution in [0.4, 0.5) is 0 Å². The number of aliphatic hydroxyl groups is 1. The van der Waals surface area contributed by atoms with E-state index < -0.39 is 20.0 Å². The van der Waals surface area contributed by atoms with E-state index in [4.69, 9.17) is 14.8 Å². The van der Waals surface area contributed by atoms with Crippen LogP contribution in [0.25, 0.3) is 0 Å². The second-order valence-electron chi connectivity index (χ2n) is 14.2. The van der Waals surface area contributed by atoms with Crippen molar-refractivity contribution in [2.45, 2.75) is 199 Å². The Labute approximate surface area is 320 Å². The van der Waals surface area contributed by atoms with E-state index in [1.807, 2.05) is 0 Å². The molecular formula is C43H81N2O6P. The van der Waals surface area contributed by atoms with Gasteiger partial charge in [0.15, 0.2) is 0 Å². The fourth-order valence-electron chi connectivity index (χ4n) is 6.01.